The fraction of sp³-hybridized carbons (Fsp3) is 0.600. The van der Waals surface area contributed by atoms with E-state index in [0.717, 1.165) is 0 Å². The van der Waals surface area contributed by atoms with Crippen LogP contribution in [0.5, 0.6) is 0 Å². The van der Waals surface area contributed by atoms with Crippen LogP contribution >= 0.6 is 0 Å². The lowest BCUT2D eigenvalue weighted by atomic mass is 9.98. The lowest BCUT2D eigenvalue weighted by molar-refractivity contribution is -0.142. The average molecular weight is 325 g/mol. The first-order valence-electron chi connectivity index (χ1n) is 7.63. The molecule has 0 radical (unpaired) electrons. The van der Waals surface area contributed by atoms with Crippen molar-refractivity contribution in [1.82, 2.24) is 16.0 Å². The predicted molar refractivity (Wildman–Crippen MR) is 82.1 cm³/mol. The van der Waals surface area contributed by atoms with E-state index in [1.54, 1.807) is 19.1 Å². The third kappa shape index (κ3) is 7.44. The number of hydrogen-bond donors (Lipinski definition) is 3. The second-order valence-electron chi connectivity index (χ2n) is 5.12. The fourth-order valence-electron chi connectivity index (χ4n) is 2.30. The van der Waals surface area contributed by atoms with E-state index < -0.39 is 0 Å². The molecule has 128 valence electrons. The molecule has 2 atom stereocenters. The second kappa shape index (κ2) is 10.4. The summed E-state index contributed by atoms with van der Waals surface area (Å²) >= 11 is 0. The van der Waals surface area contributed by atoms with Gasteiger partial charge in [0.25, 0.3) is 0 Å². The quantitative estimate of drug-likeness (QED) is 0.278. The molecule has 8 heteroatoms. The maximum Gasteiger partial charge on any atom is 0.309 e. The van der Waals surface area contributed by atoms with Gasteiger partial charge >= 0.3 is 5.97 Å². The molecule has 3 N–H and O–H groups in total. The van der Waals surface area contributed by atoms with Crippen LogP contribution in [0.25, 0.3) is 0 Å². The van der Waals surface area contributed by atoms with Gasteiger partial charge in [0.2, 0.25) is 18.2 Å². The Morgan fingerprint density at radius 3 is 2.87 bits per heavy atom. The van der Waals surface area contributed by atoms with Crippen molar-refractivity contribution in [2.24, 2.45) is 5.92 Å². The Morgan fingerprint density at radius 2 is 2.26 bits per heavy atom. The summed E-state index contributed by atoms with van der Waals surface area (Å²) < 4.78 is 4.82. The molecule has 1 aliphatic heterocycles. The average Bonchev–Trinajstić information content (AvgIpc) is 2.90. The molecule has 3 amide bonds. The first-order valence-corrected chi connectivity index (χ1v) is 7.63. The van der Waals surface area contributed by atoms with Crippen LogP contribution < -0.4 is 16.0 Å². The van der Waals surface area contributed by atoms with Crippen LogP contribution in [0.2, 0.25) is 0 Å². The molecule has 0 aliphatic carbocycles. The molecular formula is C15H23N3O5. The highest BCUT2D eigenvalue weighted by Crippen LogP contribution is 2.16. The Hall–Kier alpha value is -2.38. The summed E-state index contributed by atoms with van der Waals surface area (Å²) in [5.41, 5.74) is 0. The van der Waals surface area contributed by atoms with Gasteiger partial charge in [-0.3, -0.25) is 19.2 Å². The van der Waals surface area contributed by atoms with Crippen molar-refractivity contribution in [3.05, 3.63) is 12.2 Å². The molecule has 1 heterocycles. The molecule has 0 aromatic heterocycles. The molecule has 1 aliphatic rings. The van der Waals surface area contributed by atoms with Gasteiger partial charge in [-0.2, -0.15) is 0 Å². The van der Waals surface area contributed by atoms with Crippen LogP contribution in [0.1, 0.15) is 26.2 Å². The van der Waals surface area contributed by atoms with Crippen molar-refractivity contribution < 1.29 is 23.9 Å². The number of ether oxygens (including phenoxy) is 1. The summed E-state index contributed by atoms with van der Waals surface area (Å²) in [7, 11) is 0. The van der Waals surface area contributed by atoms with E-state index in [2.05, 4.69) is 16.0 Å². The minimum absolute atomic E-state index is 0.0333. The monoisotopic (exact) mass is 325 g/mol. The predicted octanol–water partition coefficient (Wildman–Crippen LogP) is -0.747. The molecule has 23 heavy (non-hydrogen) atoms. The number of carbonyl (C=O) groups excluding carboxylic acids is 4. The van der Waals surface area contributed by atoms with E-state index in [1.807, 2.05) is 0 Å². The maximum absolute atomic E-state index is 11.7. The zero-order valence-corrected chi connectivity index (χ0v) is 13.2. The Balaban J connectivity index is 2.57. The summed E-state index contributed by atoms with van der Waals surface area (Å²) in [5, 5.41) is 7.75. The third-order valence-corrected chi connectivity index (χ3v) is 3.35. The number of carbonyl (C=O) groups is 4. The maximum atomic E-state index is 11.7. The van der Waals surface area contributed by atoms with E-state index in [4.69, 9.17) is 4.74 Å². The minimum Gasteiger partial charge on any atom is -0.466 e. The lowest BCUT2D eigenvalue weighted by Gasteiger charge is -2.17. The van der Waals surface area contributed by atoms with Crippen LogP contribution in [-0.4, -0.2) is 49.9 Å². The molecule has 0 aromatic carbocycles. The summed E-state index contributed by atoms with van der Waals surface area (Å²) in [6, 6.07) is -0.390. The van der Waals surface area contributed by atoms with Crippen molar-refractivity contribution >= 4 is 24.2 Å². The van der Waals surface area contributed by atoms with E-state index in [-0.39, 0.29) is 42.7 Å². The Bertz CT molecular complexity index is 464. The van der Waals surface area contributed by atoms with Gasteiger partial charge in [-0.15, -0.1) is 0 Å². The van der Waals surface area contributed by atoms with Gasteiger partial charge in [0.15, 0.2) is 0 Å². The number of amides is 3. The van der Waals surface area contributed by atoms with Gasteiger partial charge in [-0.1, -0.05) is 12.2 Å². The SMILES string of the molecule is CCOC(=O)CC=CC(CC1CCNC1=O)NC(=O)CNC=O. The summed E-state index contributed by atoms with van der Waals surface area (Å²) in [5.74, 6) is -0.919. The highest BCUT2D eigenvalue weighted by molar-refractivity contribution is 5.82. The van der Waals surface area contributed by atoms with Gasteiger partial charge in [0.05, 0.1) is 19.6 Å². The number of hydrogen-bond acceptors (Lipinski definition) is 5. The first kappa shape index (κ1) is 18.7. The van der Waals surface area contributed by atoms with Crippen molar-refractivity contribution in [3.63, 3.8) is 0 Å². The largest absolute Gasteiger partial charge is 0.466 e. The van der Waals surface area contributed by atoms with E-state index in [1.165, 1.54) is 0 Å². The smallest absolute Gasteiger partial charge is 0.309 e. The van der Waals surface area contributed by atoms with Gasteiger partial charge in [-0.05, 0) is 19.8 Å². The van der Waals surface area contributed by atoms with Gasteiger partial charge in [0, 0.05) is 18.5 Å². The second-order valence-corrected chi connectivity index (χ2v) is 5.12. The van der Waals surface area contributed by atoms with Gasteiger partial charge in [0.1, 0.15) is 0 Å². The molecule has 0 bridgehead atoms. The van der Waals surface area contributed by atoms with Crippen LogP contribution in [0.4, 0.5) is 0 Å². The standard InChI is InChI=1S/C15H23N3O5/c1-2-23-14(21)5-3-4-12(18-13(20)9-16-10-19)8-11-6-7-17-15(11)22/h3-4,10-12H,2,5-9H2,1H3,(H,16,19)(H,17,22)(H,18,20). The normalized spacial score (nSPS) is 18.3. The van der Waals surface area contributed by atoms with Crippen LogP contribution in [0.15, 0.2) is 12.2 Å². The van der Waals surface area contributed by atoms with E-state index in [0.29, 0.717) is 32.4 Å². The summed E-state index contributed by atoms with van der Waals surface area (Å²) in [4.78, 5) is 44.9. The molecule has 0 aromatic rings. The van der Waals surface area contributed by atoms with Gasteiger partial charge in [-0.25, -0.2) is 0 Å². The van der Waals surface area contributed by atoms with Crippen LogP contribution in [0, 0.1) is 5.92 Å². The molecule has 2 unspecified atom stereocenters. The van der Waals surface area contributed by atoms with Crippen LogP contribution in [-0.2, 0) is 23.9 Å². The Labute approximate surface area is 135 Å². The van der Waals surface area contributed by atoms with E-state index >= 15 is 0 Å². The summed E-state index contributed by atoms with van der Waals surface area (Å²) in [6.07, 6.45) is 4.99. The fourth-order valence-corrected chi connectivity index (χ4v) is 2.30. The Morgan fingerprint density at radius 1 is 1.48 bits per heavy atom. The number of nitrogens with one attached hydrogen (secondary N) is 3. The highest BCUT2D eigenvalue weighted by atomic mass is 16.5. The molecular weight excluding hydrogens is 302 g/mol. The van der Waals surface area contributed by atoms with E-state index in [9.17, 15) is 19.2 Å². The van der Waals surface area contributed by atoms with Crippen molar-refractivity contribution in [2.45, 2.75) is 32.2 Å². The molecule has 8 nitrogen and oxygen atoms in total. The topological polar surface area (TPSA) is 114 Å². The van der Waals surface area contributed by atoms with Crippen molar-refractivity contribution in [1.29, 1.82) is 0 Å². The number of esters is 1. The molecule has 1 rings (SSSR count). The van der Waals surface area contributed by atoms with Crippen molar-refractivity contribution in [3.8, 4) is 0 Å². The summed E-state index contributed by atoms with van der Waals surface area (Å²) in [6.45, 7) is 2.53. The first-order chi connectivity index (χ1) is 11.1. The zero-order chi connectivity index (χ0) is 17.1. The lowest BCUT2D eigenvalue weighted by Crippen LogP contribution is -2.40. The highest BCUT2D eigenvalue weighted by Gasteiger charge is 2.26. The molecule has 1 fully saturated rings. The van der Waals surface area contributed by atoms with Crippen molar-refractivity contribution in [2.75, 3.05) is 19.7 Å². The Kier molecular flexibility index (Phi) is 8.41. The minimum atomic E-state index is -0.390. The number of rotatable bonds is 10. The molecule has 1 saturated heterocycles. The molecule has 0 saturated carbocycles. The zero-order valence-electron chi connectivity index (χ0n) is 13.2. The van der Waals surface area contributed by atoms with Crippen LogP contribution in [0.3, 0.4) is 0 Å². The molecule has 0 spiro atoms. The third-order valence-electron chi connectivity index (χ3n) is 3.35. The van der Waals surface area contributed by atoms with Gasteiger partial charge < -0.3 is 20.7 Å².